The molecule has 4 rings (SSSR count). The summed E-state index contributed by atoms with van der Waals surface area (Å²) in [7, 11) is -2.69. The number of methoxy groups -OCH3 is 1. The molecule has 0 radical (unpaired) electrons. The van der Waals surface area contributed by atoms with Crippen LogP contribution in [0.1, 0.15) is 26.4 Å². The molecule has 2 amide bonds. The van der Waals surface area contributed by atoms with Gasteiger partial charge in [-0.2, -0.15) is 0 Å². The first-order chi connectivity index (χ1) is 14.8. The molecule has 31 heavy (non-hydrogen) atoms. The number of sulfonamides is 1. The summed E-state index contributed by atoms with van der Waals surface area (Å²) in [6.07, 6.45) is 1.44. The standard InChI is InChI=1S/C21H16ClN3O5S/c1-30-17-8-7-13(12-25-20(26)16-6-3-9-23-19(16)21(25)27)10-18(17)31(28,29)24-15-5-2-4-14(22)11-15/h2-11,24H,12H2,1H3. The number of aromatic nitrogens is 1. The Morgan fingerprint density at radius 3 is 2.58 bits per heavy atom. The van der Waals surface area contributed by atoms with Crippen molar-refractivity contribution < 1.29 is 22.7 Å². The zero-order valence-corrected chi connectivity index (χ0v) is 17.8. The predicted molar refractivity (Wildman–Crippen MR) is 114 cm³/mol. The highest BCUT2D eigenvalue weighted by Gasteiger charge is 2.36. The van der Waals surface area contributed by atoms with Gasteiger partial charge in [-0.3, -0.25) is 24.2 Å². The maximum Gasteiger partial charge on any atom is 0.280 e. The van der Waals surface area contributed by atoms with E-state index in [-0.39, 0.29) is 34.1 Å². The van der Waals surface area contributed by atoms with Crippen molar-refractivity contribution in [3.8, 4) is 5.75 Å². The first-order valence-corrected chi connectivity index (χ1v) is 10.9. The molecule has 1 aromatic heterocycles. The summed E-state index contributed by atoms with van der Waals surface area (Å²) >= 11 is 5.93. The molecule has 1 aliphatic heterocycles. The number of nitrogens with zero attached hydrogens (tertiary/aromatic N) is 2. The maximum absolute atomic E-state index is 13.0. The molecular formula is C21H16ClN3O5S. The monoisotopic (exact) mass is 457 g/mol. The molecule has 2 heterocycles. The summed E-state index contributed by atoms with van der Waals surface area (Å²) in [5, 5.41) is 0.375. The zero-order valence-electron chi connectivity index (χ0n) is 16.2. The number of anilines is 1. The van der Waals surface area contributed by atoms with Gasteiger partial charge >= 0.3 is 0 Å². The van der Waals surface area contributed by atoms with Gasteiger partial charge in [0, 0.05) is 11.2 Å². The number of pyridine rings is 1. The fourth-order valence-electron chi connectivity index (χ4n) is 3.23. The number of carbonyl (C=O) groups excluding carboxylic acids is 2. The lowest BCUT2D eigenvalue weighted by Crippen LogP contribution is -2.29. The number of halogens is 1. The molecule has 3 aromatic rings. The average Bonchev–Trinajstić information content (AvgIpc) is 2.98. The molecule has 8 nitrogen and oxygen atoms in total. The highest BCUT2D eigenvalue weighted by Crippen LogP contribution is 2.29. The van der Waals surface area contributed by atoms with Crippen LogP contribution in [0.5, 0.6) is 5.75 Å². The molecule has 0 spiro atoms. The summed E-state index contributed by atoms with van der Waals surface area (Å²) in [4.78, 5) is 30.0. The predicted octanol–water partition coefficient (Wildman–Crippen LogP) is 3.34. The third-order valence-electron chi connectivity index (χ3n) is 4.67. The van der Waals surface area contributed by atoms with Gasteiger partial charge in [-0.05, 0) is 48.0 Å². The minimum absolute atomic E-state index is 0.0801. The van der Waals surface area contributed by atoms with Crippen LogP contribution in [0, 0.1) is 0 Å². The quantitative estimate of drug-likeness (QED) is 0.569. The summed E-state index contributed by atoms with van der Waals surface area (Å²) in [6.45, 7) is -0.113. The van der Waals surface area contributed by atoms with Crippen molar-refractivity contribution in [2.75, 3.05) is 11.8 Å². The molecule has 0 atom stereocenters. The molecule has 0 aliphatic carbocycles. The summed E-state index contributed by atoms with van der Waals surface area (Å²) in [6, 6.07) is 13.8. The number of hydrogen-bond acceptors (Lipinski definition) is 6. The number of hydrogen-bond donors (Lipinski definition) is 1. The van der Waals surface area contributed by atoms with Gasteiger partial charge in [0.05, 0.1) is 24.9 Å². The van der Waals surface area contributed by atoms with E-state index in [0.29, 0.717) is 10.6 Å². The SMILES string of the molecule is COc1ccc(CN2C(=O)c3cccnc3C2=O)cc1S(=O)(=O)Nc1cccc(Cl)c1. The second-order valence-corrected chi connectivity index (χ2v) is 8.78. The molecule has 0 fully saturated rings. The normalized spacial score (nSPS) is 13.3. The summed E-state index contributed by atoms with van der Waals surface area (Å²) < 4.78 is 33.7. The first-order valence-electron chi connectivity index (χ1n) is 9.06. The number of benzene rings is 2. The lowest BCUT2D eigenvalue weighted by atomic mass is 10.2. The topological polar surface area (TPSA) is 106 Å². The number of ether oxygens (including phenoxy) is 1. The summed E-state index contributed by atoms with van der Waals surface area (Å²) in [5.74, 6) is -0.898. The molecule has 1 N–H and O–H groups in total. The Hall–Kier alpha value is -3.43. The zero-order chi connectivity index (χ0) is 22.2. The maximum atomic E-state index is 13.0. The third-order valence-corrected chi connectivity index (χ3v) is 6.30. The van der Waals surface area contributed by atoms with Crippen molar-refractivity contribution >= 4 is 39.1 Å². The molecule has 158 valence electrons. The van der Waals surface area contributed by atoms with Gasteiger partial charge in [0.15, 0.2) is 0 Å². The van der Waals surface area contributed by atoms with Crippen molar-refractivity contribution in [3.63, 3.8) is 0 Å². The lowest BCUT2D eigenvalue weighted by molar-refractivity contribution is 0.0640. The van der Waals surface area contributed by atoms with Gasteiger partial charge in [-0.15, -0.1) is 0 Å². The molecule has 1 aliphatic rings. The second kappa shape index (κ2) is 8.01. The van der Waals surface area contributed by atoms with Crippen LogP contribution in [0.15, 0.2) is 65.7 Å². The van der Waals surface area contributed by atoms with E-state index in [2.05, 4.69) is 9.71 Å². The Balaban J connectivity index is 1.65. The van der Waals surface area contributed by atoms with Crippen molar-refractivity contribution in [2.45, 2.75) is 11.4 Å². The van der Waals surface area contributed by atoms with Crippen molar-refractivity contribution in [1.29, 1.82) is 0 Å². The van der Waals surface area contributed by atoms with Crippen LogP contribution in [0.4, 0.5) is 5.69 Å². The summed E-state index contributed by atoms with van der Waals surface area (Å²) in [5.41, 5.74) is 1.01. The van der Waals surface area contributed by atoms with E-state index in [1.165, 1.54) is 37.6 Å². The molecule has 0 saturated heterocycles. The van der Waals surface area contributed by atoms with Crippen molar-refractivity contribution in [3.05, 3.63) is 82.6 Å². The van der Waals surface area contributed by atoms with Gasteiger partial charge < -0.3 is 4.74 Å². The number of amides is 2. The first kappa shape index (κ1) is 20.8. The second-order valence-electron chi connectivity index (χ2n) is 6.70. The Labute approximate surface area is 183 Å². The minimum atomic E-state index is -4.04. The van der Waals surface area contributed by atoms with E-state index in [9.17, 15) is 18.0 Å². The average molecular weight is 458 g/mol. The molecule has 10 heteroatoms. The number of nitrogens with one attached hydrogen (secondary N) is 1. The van der Waals surface area contributed by atoms with Gasteiger partial charge in [0.25, 0.3) is 21.8 Å². The Bertz CT molecular complexity index is 1270. The van der Waals surface area contributed by atoms with Crippen molar-refractivity contribution in [2.24, 2.45) is 0 Å². The number of imide groups is 1. The third kappa shape index (κ3) is 3.97. The number of rotatable bonds is 6. The van der Waals surface area contributed by atoms with Crippen LogP contribution in [0.2, 0.25) is 5.02 Å². The smallest absolute Gasteiger partial charge is 0.280 e. The highest BCUT2D eigenvalue weighted by molar-refractivity contribution is 7.92. The number of carbonyl (C=O) groups is 2. The van der Waals surface area contributed by atoms with Crippen LogP contribution < -0.4 is 9.46 Å². The Kier molecular flexibility index (Phi) is 5.38. The molecular weight excluding hydrogens is 442 g/mol. The molecule has 0 saturated carbocycles. The largest absolute Gasteiger partial charge is 0.495 e. The van der Waals surface area contributed by atoms with Gasteiger partial charge in [-0.25, -0.2) is 8.42 Å². The molecule has 0 unspecified atom stereocenters. The van der Waals surface area contributed by atoms with Gasteiger partial charge in [0.2, 0.25) is 0 Å². The van der Waals surface area contributed by atoms with Crippen LogP contribution >= 0.6 is 11.6 Å². The minimum Gasteiger partial charge on any atom is -0.495 e. The molecule has 0 bridgehead atoms. The van der Waals surface area contributed by atoms with E-state index in [1.54, 1.807) is 30.3 Å². The molecule has 2 aromatic carbocycles. The Morgan fingerprint density at radius 1 is 1.06 bits per heavy atom. The van der Waals surface area contributed by atoms with E-state index in [0.717, 1.165) is 4.90 Å². The van der Waals surface area contributed by atoms with E-state index in [4.69, 9.17) is 16.3 Å². The van der Waals surface area contributed by atoms with Crippen LogP contribution in [-0.4, -0.2) is 37.2 Å². The highest BCUT2D eigenvalue weighted by atomic mass is 35.5. The van der Waals surface area contributed by atoms with Gasteiger partial charge in [0.1, 0.15) is 16.3 Å². The van der Waals surface area contributed by atoms with E-state index in [1.807, 2.05) is 0 Å². The van der Waals surface area contributed by atoms with Crippen molar-refractivity contribution in [1.82, 2.24) is 9.88 Å². The van der Waals surface area contributed by atoms with Crippen LogP contribution in [-0.2, 0) is 16.6 Å². The lowest BCUT2D eigenvalue weighted by Gasteiger charge is -2.16. The fraction of sp³-hybridized carbons (Fsp3) is 0.0952. The number of fused-ring (bicyclic) bond motifs is 1. The fourth-order valence-corrected chi connectivity index (χ4v) is 4.69. The van der Waals surface area contributed by atoms with Gasteiger partial charge in [-0.1, -0.05) is 23.7 Å². The van der Waals surface area contributed by atoms with Crippen LogP contribution in [0.3, 0.4) is 0 Å². The van der Waals surface area contributed by atoms with E-state index < -0.39 is 21.8 Å². The van der Waals surface area contributed by atoms with Crippen LogP contribution in [0.25, 0.3) is 0 Å². The van der Waals surface area contributed by atoms with E-state index >= 15 is 0 Å². The Morgan fingerprint density at radius 2 is 1.87 bits per heavy atom.